The average molecular weight is 323 g/mol. The molecule has 6 heteroatoms. The number of rotatable bonds is 2. The molecule has 0 aliphatic carbocycles. The van der Waals surface area contributed by atoms with Gasteiger partial charge in [-0.25, -0.2) is 0 Å². The van der Waals surface area contributed by atoms with E-state index in [-0.39, 0.29) is 0 Å². The Balaban J connectivity index is 1.97. The fraction of sp³-hybridized carbons (Fsp3) is 0.467. The van der Waals surface area contributed by atoms with Gasteiger partial charge in [0.2, 0.25) is 0 Å². The first kappa shape index (κ1) is 16.0. The van der Waals surface area contributed by atoms with E-state index in [1.165, 1.54) is 5.69 Å². The van der Waals surface area contributed by atoms with Crippen molar-refractivity contribution in [1.29, 1.82) is 0 Å². The summed E-state index contributed by atoms with van der Waals surface area (Å²) in [6, 6.07) is 8.41. The maximum absolute atomic E-state index is 5.63. The van der Waals surface area contributed by atoms with E-state index in [0.29, 0.717) is 0 Å². The largest absolute Gasteiger partial charge is 0.378 e. The van der Waals surface area contributed by atoms with Crippen LogP contribution in [0, 0.1) is 0 Å². The van der Waals surface area contributed by atoms with Gasteiger partial charge in [0.1, 0.15) is 4.99 Å². The van der Waals surface area contributed by atoms with E-state index in [1.807, 2.05) is 21.1 Å². The zero-order valence-electron chi connectivity index (χ0n) is 12.8. The molecule has 1 fully saturated rings. The van der Waals surface area contributed by atoms with Crippen molar-refractivity contribution >= 4 is 40.2 Å². The minimum atomic E-state index is 0.816. The smallest absolute Gasteiger partial charge is 0.168 e. The van der Waals surface area contributed by atoms with Gasteiger partial charge >= 0.3 is 0 Å². The first-order valence-electron chi connectivity index (χ1n) is 7.06. The Hall–Kier alpha value is -1.40. The van der Waals surface area contributed by atoms with Crippen molar-refractivity contribution in [3.05, 3.63) is 29.8 Å². The maximum atomic E-state index is 5.63. The van der Waals surface area contributed by atoms with Gasteiger partial charge in [0.05, 0.1) is 0 Å². The summed E-state index contributed by atoms with van der Waals surface area (Å²) < 4.78 is 0. The Bertz CT molecular complexity index is 505. The van der Waals surface area contributed by atoms with Crippen LogP contribution < -0.4 is 10.2 Å². The topological polar surface area (TPSA) is 21.8 Å². The third kappa shape index (κ3) is 3.83. The lowest BCUT2D eigenvalue weighted by Crippen LogP contribution is -2.52. The minimum Gasteiger partial charge on any atom is -0.378 e. The molecule has 0 amide bonds. The van der Waals surface area contributed by atoms with Gasteiger partial charge in [-0.15, -0.1) is 0 Å². The zero-order valence-corrected chi connectivity index (χ0v) is 14.4. The summed E-state index contributed by atoms with van der Waals surface area (Å²) in [5.74, 6) is 0. The molecule has 1 aliphatic heterocycles. The van der Waals surface area contributed by atoms with Crippen LogP contribution >= 0.6 is 24.4 Å². The van der Waals surface area contributed by atoms with Gasteiger partial charge in [-0.3, -0.25) is 0 Å². The van der Waals surface area contributed by atoms with Crippen LogP contribution in [0.25, 0.3) is 0 Å². The quantitative estimate of drug-likeness (QED) is 0.829. The van der Waals surface area contributed by atoms with Crippen LogP contribution in [0.15, 0.2) is 24.3 Å². The standard InChI is InChI=1S/C15H22N4S2/c1-16-15(21)19-10-8-18(9-11-19)14(20)12-4-6-13(7-5-12)17(2)3/h4-7H,8-11H2,1-3H3,(H,16,21). The van der Waals surface area contributed by atoms with Crippen molar-refractivity contribution in [3.63, 3.8) is 0 Å². The SMILES string of the molecule is CNC(=S)N1CCN(C(=S)c2ccc(N(C)C)cc2)CC1. The molecule has 0 saturated carbocycles. The summed E-state index contributed by atoms with van der Waals surface area (Å²) in [4.78, 5) is 7.46. The summed E-state index contributed by atoms with van der Waals surface area (Å²) in [5.41, 5.74) is 2.30. The highest BCUT2D eigenvalue weighted by molar-refractivity contribution is 7.80. The predicted molar refractivity (Wildman–Crippen MR) is 97.3 cm³/mol. The number of hydrogen-bond acceptors (Lipinski definition) is 3. The molecule has 4 nitrogen and oxygen atoms in total. The van der Waals surface area contributed by atoms with Crippen molar-refractivity contribution in [2.45, 2.75) is 0 Å². The highest BCUT2D eigenvalue weighted by atomic mass is 32.1. The Kier molecular flexibility index (Phi) is 5.36. The number of nitrogens with zero attached hydrogens (tertiary/aromatic N) is 3. The van der Waals surface area contributed by atoms with Gasteiger partial charge in [-0.1, -0.05) is 12.2 Å². The van der Waals surface area contributed by atoms with E-state index < -0.39 is 0 Å². The predicted octanol–water partition coefficient (Wildman–Crippen LogP) is 1.55. The molecule has 1 aromatic rings. The molecular formula is C15H22N4S2. The molecule has 21 heavy (non-hydrogen) atoms. The number of piperazine rings is 1. The monoisotopic (exact) mass is 322 g/mol. The van der Waals surface area contributed by atoms with Crippen molar-refractivity contribution < 1.29 is 0 Å². The van der Waals surface area contributed by atoms with Gasteiger partial charge in [0.15, 0.2) is 5.11 Å². The molecule has 1 aromatic carbocycles. The van der Waals surface area contributed by atoms with E-state index in [0.717, 1.165) is 41.8 Å². The number of thiocarbonyl (C=S) groups is 2. The Labute approximate surface area is 137 Å². The first-order valence-corrected chi connectivity index (χ1v) is 7.88. The lowest BCUT2D eigenvalue weighted by atomic mass is 10.1. The highest BCUT2D eigenvalue weighted by Gasteiger charge is 2.20. The molecular weight excluding hydrogens is 300 g/mol. The van der Waals surface area contributed by atoms with Crippen LogP contribution in [0.4, 0.5) is 5.69 Å². The molecule has 0 spiro atoms. The van der Waals surface area contributed by atoms with Crippen LogP contribution in [0.5, 0.6) is 0 Å². The summed E-state index contributed by atoms with van der Waals surface area (Å²) in [6.45, 7) is 3.65. The van der Waals surface area contributed by atoms with E-state index in [4.69, 9.17) is 24.4 Å². The van der Waals surface area contributed by atoms with Gasteiger partial charge in [-0.2, -0.15) is 0 Å². The number of hydrogen-bond donors (Lipinski definition) is 1. The van der Waals surface area contributed by atoms with Crippen molar-refractivity contribution in [2.24, 2.45) is 0 Å². The molecule has 0 radical (unpaired) electrons. The van der Waals surface area contributed by atoms with Crippen LogP contribution in [-0.4, -0.2) is 67.2 Å². The summed E-state index contributed by atoms with van der Waals surface area (Å²) >= 11 is 10.9. The van der Waals surface area contributed by atoms with Crippen molar-refractivity contribution in [1.82, 2.24) is 15.1 Å². The van der Waals surface area contributed by atoms with E-state index >= 15 is 0 Å². The van der Waals surface area contributed by atoms with Crippen LogP contribution in [-0.2, 0) is 0 Å². The third-order valence-electron chi connectivity index (χ3n) is 3.70. The van der Waals surface area contributed by atoms with Crippen molar-refractivity contribution in [2.75, 3.05) is 52.2 Å². The number of benzene rings is 1. The zero-order chi connectivity index (χ0) is 15.4. The molecule has 0 unspecified atom stereocenters. The number of nitrogens with one attached hydrogen (secondary N) is 1. The van der Waals surface area contributed by atoms with Gasteiger partial charge in [0, 0.05) is 58.6 Å². The molecule has 1 saturated heterocycles. The van der Waals surface area contributed by atoms with Crippen molar-refractivity contribution in [3.8, 4) is 0 Å². The minimum absolute atomic E-state index is 0.816. The molecule has 114 valence electrons. The van der Waals surface area contributed by atoms with Gasteiger partial charge in [-0.05, 0) is 36.5 Å². The molecule has 2 rings (SSSR count). The Morgan fingerprint density at radius 3 is 2.00 bits per heavy atom. The van der Waals surface area contributed by atoms with Crippen LogP contribution in [0.3, 0.4) is 0 Å². The molecule has 0 atom stereocenters. The molecule has 1 N–H and O–H groups in total. The molecule has 1 heterocycles. The second-order valence-electron chi connectivity index (χ2n) is 5.28. The fourth-order valence-corrected chi connectivity index (χ4v) is 2.86. The lowest BCUT2D eigenvalue weighted by Gasteiger charge is -2.37. The number of anilines is 1. The van der Waals surface area contributed by atoms with Crippen LogP contribution in [0.2, 0.25) is 0 Å². The second-order valence-corrected chi connectivity index (χ2v) is 6.05. The van der Waals surface area contributed by atoms with Crippen LogP contribution in [0.1, 0.15) is 5.56 Å². The first-order chi connectivity index (χ1) is 10.0. The van der Waals surface area contributed by atoms with E-state index in [9.17, 15) is 0 Å². The van der Waals surface area contributed by atoms with Gasteiger partial charge in [0.25, 0.3) is 0 Å². The highest BCUT2D eigenvalue weighted by Crippen LogP contribution is 2.15. The maximum Gasteiger partial charge on any atom is 0.168 e. The lowest BCUT2D eigenvalue weighted by molar-refractivity contribution is 0.261. The van der Waals surface area contributed by atoms with Gasteiger partial charge < -0.3 is 20.0 Å². The van der Waals surface area contributed by atoms with E-state index in [1.54, 1.807) is 0 Å². The van der Waals surface area contributed by atoms with E-state index in [2.05, 4.69) is 44.3 Å². The summed E-state index contributed by atoms with van der Waals surface area (Å²) in [6.07, 6.45) is 0. The average Bonchev–Trinajstić information content (AvgIpc) is 2.53. The normalized spacial score (nSPS) is 14.8. The summed E-state index contributed by atoms with van der Waals surface area (Å²) in [7, 11) is 5.94. The third-order valence-corrected chi connectivity index (χ3v) is 4.65. The summed E-state index contributed by atoms with van der Waals surface area (Å²) in [5, 5.41) is 3.84. The molecule has 0 bridgehead atoms. The Morgan fingerprint density at radius 1 is 1.00 bits per heavy atom. The Morgan fingerprint density at radius 2 is 1.52 bits per heavy atom. The molecule has 0 aromatic heterocycles. The fourth-order valence-electron chi connectivity index (χ4n) is 2.36. The molecule has 1 aliphatic rings. The second kappa shape index (κ2) is 7.04.